The fourth-order valence-corrected chi connectivity index (χ4v) is 17.1. The maximum Gasteiger partial charge on any atom is 0.200 e. The number of pyridine rings is 1. The van der Waals surface area contributed by atoms with Crippen LogP contribution in [0.2, 0.25) is 0 Å². The van der Waals surface area contributed by atoms with Gasteiger partial charge in [0.2, 0.25) is 0 Å². The molecule has 2 heterocycles. The van der Waals surface area contributed by atoms with Gasteiger partial charge in [-0.3, -0.25) is 0 Å². The van der Waals surface area contributed by atoms with Crippen molar-refractivity contribution in [3.8, 4) is 5.75 Å². The first kappa shape index (κ1) is 38.0. The summed E-state index contributed by atoms with van der Waals surface area (Å²) < 4.78 is 13.5. The molecule has 5 heteroatoms. The van der Waals surface area contributed by atoms with E-state index in [1.165, 1.54) is 43.8 Å². The summed E-state index contributed by atoms with van der Waals surface area (Å²) in [5.74, 6) is 0.909. The molecule has 56 heavy (non-hydrogen) atoms. The van der Waals surface area contributed by atoms with E-state index in [1.807, 2.05) is 0 Å². The van der Waals surface area contributed by atoms with Gasteiger partial charge in [-0.25, -0.2) is 4.98 Å². The van der Waals surface area contributed by atoms with Crippen molar-refractivity contribution in [2.45, 2.75) is 64.8 Å². The van der Waals surface area contributed by atoms with Crippen molar-refractivity contribution in [2.24, 2.45) is 0 Å². The van der Waals surface area contributed by atoms with Crippen LogP contribution in [0, 0.1) is 6.92 Å². The number of rotatable bonds is 14. The lowest BCUT2D eigenvalue weighted by Crippen LogP contribution is -2.35. The minimum absolute atomic E-state index is 0.269. The summed E-state index contributed by atoms with van der Waals surface area (Å²) in [5, 5.41) is 8.09. The van der Waals surface area contributed by atoms with Crippen LogP contribution in [0.15, 0.2) is 182 Å². The normalized spacial score (nSPS) is 14.1. The average Bonchev–Trinajstić information content (AvgIpc) is 3.27. The largest absolute Gasteiger partial charge is 0.463 e. The number of aryl methyl sites for hydroxylation is 1. The minimum atomic E-state index is -2.32. The van der Waals surface area contributed by atoms with E-state index in [-0.39, 0.29) is 6.29 Å². The molecular formula is C51H51NO2P2+2. The predicted molar refractivity (Wildman–Crippen MR) is 240 cm³/mol. The maximum atomic E-state index is 6.86. The van der Waals surface area contributed by atoms with E-state index in [9.17, 15) is 0 Å². The summed E-state index contributed by atoms with van der Waals surface area (Å²) in [7, 11) is -4.62. The number of aromatic nitrogens is 1. The molecule has 0 saturated carbocycles. The molecule has 0 N–H and O–H groups in total. The molecular weight excluding hydrogens is 721 g/mol. The van der Waals surface area contributed by atoms with Crippen molar-refractivity contribution in [1.29, 1.82) is 0 Å². The van der Waals surface area contributed by atoms with Gasteiger partial charge in [-0.15, -0.1) is 0 Å². The Morgan fingerprint density at radius 2 is 0.893 bits per heavy atom. The van der Waals surface area contributed by atoms with Crippen molar-refractivity contribution < 1.29 is 9.47 Å². The van der Waals surface area contributed by atoms with Gasteiger partial charge < -0.3 is 9.47 Å². The first-order valence-corrected chi connectivity index (χ1v) is 24.0. The second kappa shape index (κ2) is 17.5. The Bertz CT molecular complexity index is 2110. The molecule has 0 radical (unpaired) electrons. The third-order valence-electron chi connectivity index (χ3n) is 11.3. The van der Waals surface area contributed by atoms with Crippen molar-refractivity contribution in [3.63, 3.8) is 0 Å². The Kier molecular flexibility index (Phi) is 11.9. The number of hydrogen-bond donors (Lipinski definition) is 0. The van der Waals surface area contributed by atoms with E-state index in [0.717, 1.165) is 54.3 Å². The van der Waals surface area contributed by atoms with Crippen LogP contribution in [0.5, 0.6) is 5.75 Å². The van der Waals surface area contributed by atoms with Crippen LogP contribution >= 0.6 is 14.5 Å². The second-order valence-corrected chi connectivity index (χ2v) is 21.7. The van der Waals surface area contributed by atoms with Crippen LogP contribution in [-0.4, -0.2) is 11.3 Å². The fourth-order valence-electron chi connectivity index (χ4n) is 8.52. The second-order valence-electron chi connectivity index (χ2n) is 14.7. The molecule has 1 unspecified atom stereocenters. The quantitative estimate of drug-likeness (QED) is 0.0815. The first-order valence-electron chi connectivity index (χ1n) is 20.0. The zero-order valence-electron chi connectivity index (χ0n) is 32.5. The van der Waals surface area contributed by atoms with Crippen molar-refractivity contribution in [2.75, 3.05) is 0 Å². The molecule has 0 amide bonds. The van der Waals surface area contributed by atoms with Crippen LogP contribution in [0.1, 0.15) is 55.1 Å². The van der Waals surface area contributed by atoms with Gasteiger partial charge in [0.15, 0.2) is 6.29 Å². The third-order valence-corrected chi connectivity index (χ3v) is 19.9. The Hall–Kier alpha value is -4.91. The number of fused-ring (bicyclic) bond motifs is 1. The Morgan fingerprint density at radius 1 is 0.518 bits per heavy atom. The lowest BCUT2D eigenvalue weighted by molar-refractivity contribution is -0.113. The molecule has 1 atom stereocenters. The molecule has 7 aromatic rings. The molecule has 0 saturated heterocycles. The molecule has 280 valence electrons. The fraction of sp³-hybridized carbons (Fsp3) is 0.196. The molecule has 6 aromatic carbocycles. The van der Waals surface area contributed by atoms with Crippen LogP contribution < -0.4 is 36.6 Å². The summed E-state index contributed by atoms with van der Waals surface area (Å²) >= 11 is 0. The SMILES string of the molecule is CCCCCC1OCc2c(C[P+](c3ccccc3)(c3ccccc3)c3ccccc3)c(C[P+](c3ccccc3)(c3ccccc3)c3ccccc3)nc(C)c2O1. The average molecular weight is 772 g/mol. The van der Waals surface area contributed by atoms with E-state index < -0.39 is 14.5 Å². The monoisotopic (exact) mass is 771 g/mol. The lowest BCUT2D eigenvalue weighted by atomic mass is 10.0. The molecule has 3 nitrogen and oxygen atoms in total. The Labute approximate surface area is 334 Å². The van der Waals surface area contributed by atoms with Gasteiger partial charge in [0.25, 0.3) is 0 Å². The zero-order chi connectivity index (χ0) is 38.2. The molecule has 8 rings (SSSR count). The summed E-state index contributed by atoms with van der Waals surface area (Å²) in [5.41, 5.74) is 4.49. The highest BCUT2D eigenvalue weighted by molar-refractivity contribution is 7.95. The molecule has 0 fully saturated rings. The standard InChI is InChI=1S/C51H51NO2P2/c1-3-4-11-36-50-53-37-47-48(38-55(41-24-12-5-13-25-41,42-26-14-6-15-27-42)43-28-16-7-17-29-43)49(52-40(2)51(47)54-50)39-56(44-30-18-8-19-31-44,45-32-20-9-21-33-45)46-34-22-10-23-35-46/h5-10,12-35,50H,3-4,11,36-39H2,1-2H3/q+2. The number of nitrogens with zero attached hydrogens (tertiary/aromatic N) is 1. The number of ether oxygens (including phenoxy) is 2. The van der Waals surface area contributed by atoms with Crippen molar-refractivity contribution in [3.05, 3.63) is 205 Å². The van der Waals surface area contributed by atoms with E-state index in [1.54, 1.807) is 0 Å². The molecule has 0 bridgehead atoms. The highest BCUT2D eigenvalue weighted by Crippen LogP contribution is 2.62. The lowest BCUT2D eigenvalue weighted by Gasteiger charge is -2.34. The maximum absolute atomic E-state index is 6.86. The predicted octanol–water partition coefficient (Wildman–Crippen LogP) is 10.2. The zero-order valence-corrected chi connectivity index (χ0v) is 34.3. The van der Waals surface area contributed by atoms with E-state index >= 15 is 0 Å². The molecule has 1 aliphatic rings. The van der Waals surface area contributed by atoms with Crippen LogP contribution in [-0.2, 0) is 23.7 Å². The van der Waals surface area contributed by atoms with Gasteiger partial charge in [-0.1, -0.05) is 129 Å². The third kappa shape index (κ3) is 7.49. The highest BCUT2D eigenvalue weighted by atomic mass is 31.2. The molecule has 0 aliphatic carbocycles. The first-order chi connectivity index (χ1) is 27.6. The number of unbranched alkanes of at least 4 members (excludes halogenated alkanes) is 2. The molecule has 1 aliphatic heterocycles. The Morgan fingerprint density at radius 3 is 1.27 bits per heavy atom. The van der Waals surface area contributed by atoms with Gasteiger partial charge in [0, 0.05) is 17.5 Å². The molecule has 0 spiro atoms. The van der Waals surface area contributed by atoms with Gasteiger partial charge in [-0.05, 0) is 86.1 Å². The van der Waals surface area contributed by atoms with E-state index in [2.05, 4.69) is 196 Å². The van der Waals surface area contributed by atoms with Crippen molar-refractivity contribution >= 4 is 46.4 Å². The molecule has 1 aromatic heterocycles. The summed E-state index contributed by atoms with van der Waals surface area (Å²) in [6.45, 7) is 4.89. The summed E-state index contributed by atoms with van der Waals surface area (Å²) in [6, 6.07) is 67.2. The van der Waals surface area contributed by atoms with E-state index in [0.29, 0.717) is 6.61 Å². The van der Waals surface area contributed by atoms with Gasteiger partial charge in [0.1, 0.15) is 64.4 Å². The summed E-state index contributed by atoms with van der Waals surface area (Å²) in [4.78, 5) is 5.71. The van der Waals surface area contributed by atoms with Crippen LogP contribution in [0.25, 0.3) is 0 Å². The van der Waals surface area contributed by atoms with Crippen molar-refractivity contribution in [1.82, 2.24) is 4.98 Å². The Balaban J connectivity index is 1.41. The smallest absolute Gasteiger partial charge is 0.200 e. The van der Waals surface area contributed by atoms with E-state index in [4.69, 9.17) is 14.5 Å². The summed E-state index contributed by atoms with van der Waals surface area (Å²) in [6.07, 6.45) is 5.58. The van der Waals surface area contributed by atoms with Gasteiger partial charge in [-0.2, -0.15) is 0 Å². The van der Waals surface area contributed by atoms with Gasteiger partial charge in [0.05, 0.1) is 18.0 Å². The minimum Gasteiger partial charge on any atom is -0.463 e. The highest BCUT2D eigenvalue weighted by Gasteiger charge is 2.50. The van der Waals surface area contributed by atoms with Gasteiger partial charge >= 0.3 is 0 Å². The number of benzene rings is 6. The van der Waals surface area contributed by atoms with Crippen LogP contribution in [0.3, 0.4) is 0 Å². The topological polar surface area (TPSA) is 31.4 Å². The van der Waals surface area contributed by atoms with Crippen LogP contribution in [0.4, 0.5) is 0 Å². The number of hydrogen-bond acceptors (Lipinski definition) is 3.